The molecule has 0 unspecified atom stereocenters. The molecule has 26 heavy (non-hydrogen) atoms. The number of halogens is 3. The largest absolute Gasteiger partial charge is 0.416 e. The van der Waals surface area contributed by atoms with E-state index in [4.69, 9.17) is 0 Å². The van der Waals surface area contributed by atoms with Crippen LogP contribution in [0.4, 0.5) is 24.7 Å². The molecule has 1 N–H and O–H groups in total. The zero-order chi connectivity index (χ0) is 19.3. The number of nitrogens with zero attached hydrogens (tertiary/aromatic N) is 3. The molecule has 0 spiro atoms. The highest BCUT2D eigenvalue weighted by Crippen LogP contribution is 2.32. The first kappa shape index (κ1) is 20.1. The molecule has 0 bridgehead atoms. The second-order valence-electron chi connectivity index (χ2n) is 5.76. The van der Waals surface area contributed by atoms with Crippen molar-refractivity contribution in [1.82, 2.24) is 14.9 Å². The van der Waals surface area contributed by atoms with Crippen molar-refractivity contribution >= 4 is 29.3 Å². The SMILES string of the molecule is CCc1c(/C=C/N(C)C)nc(SC)nc1Nc1cccc(C(F)(F)F)c1. The lowest BCUT2D eigenvalue weighted by Crippen LogP contribution is -2.08. The molecule has 0 aliphatic carbocycles. The lowest BCUT2D eigenvalue weighted by atomic mass is 10.1. The summed E-state index contributed by atoms with van der Waals surface area (Å²) in [4.78, 5) is 10.8. The van der Waals surface area contributed by atoms with Crippen LogP contribution in [0.25, 0.3) is 6.08 Å². The van der Waals surface area contributed by atoms with Gasteiger partial charge in [-0.25, -0.2) is 9.97 Å². The molecular formula is C18H21F3N4S. The van der Waals surface area contributed by atoms with Crippen LogP contribution in [0.2, 0.25) is 0 Å². The Morgan fingerprint density at radius 1 is 1.23 bits per heavy atom. The van der Waals surface area contributed by atoms with E-state index in [2.05, 4.69) is 15.3 Å². The van der Waals surface area contributed by atoms with Crippen molar-refractivity contribution in [3.8, 4) is 0 Å². The highest BCUT2D eigenvalue weighted by Gasteiger charge is 2.30. The van der Waals surface area contributed by atoms with Gasteiger partial charge in [0.1, 0.15) is 5.82 Å². The minimum atomic E-state index is -4.39. The number of alkyl halides is 3. The van der Waals surface area contributed by atoms with Crippen LogP contribution < -0.4 is 5.32 Å². The van der Waals surface area contributed by atoms with Crippen LogP contribution in [-0.2, 0) is 12.6 Å². The summed E-state index contributed by atoms with van der Waals surface area (Å²) < 4.78 is 38.8. The Morgan fingerprint density at radius 3 is 2.54 bits per heavy atom. The maximum atomic E-state index is 12.9. The van der Waals surface area contributed by atoms with Gasteiger partial charge in [-0.15, -0.1) is 0 Å². The van der Waals surface area contributed by atoms with E-state index in [1.807, 2.05) is 44.5 Å². The number of thioether (sulfide) groups is 1. The Hall–Kier alpha value is -2.22. The van der Waals surface area contributed by atoms with Crippen LogP contribution in [0.15, 0.2) is 35.6 Å². The Morgan fingerprint density at radius 2 is 1.96 bits per heavy atom. The van der Waals surface area contributed by atoms with Crippen molar-refractivity contribution < 1.29 is 13.2 Å². The van der Waals surface area contributed by atoms with Crippen molar-refractivity contribution in [2.24, 2.45) is 0 Å². The molecule has 1 aromatic carbocycles. The quantitative estimate of drug-likeness (QED) is 0.559. The summed E-state index contributed by atoms with van der Waals surface area (Å²) in [5.74, 6) is 0.518. The number of hydrogen-bond donors (Lipinski definition) is 1. The Bertz CT molecular complexity index is 788. The van der Waals surface area contributed by atoms with Crippen LogP contribution in [0.5, 0.6) is 0 Å². The van der Waals surface area contributed by atoms with Crippen LogP contribution in [-0.4, -0.2) is 35.2 Å². The Balaban J connectivity index is 2.47. The van der Waals surface area contributed by atoms with Gasteiger partial charge in [0.2, 0.25) is 0 Å². The average molecular weight is 382 g/mol. The van der Waals surface area contributed by atoms with Gasteiger partial charge in [0.15, 0.2) is 5.16 Å². The zero-order valence-electron chi connectivity index (χ0n) is 15.1. The van der Waals surface area contributed by atoms with Gasteiger partial charge in [-0.3, -0.25) is 0 Å². The highest BCUT2D eigenvalue weighted by molar-refractivity contribution is 7.98. The van der Waals surface area contributed by atoms with E-state index in [1.165, 1.54) is 17.8 Å². The number of aromatic nitrogens is 2. The molecule has 2 aromatic rings. The van der Waals surface area contributed by atoms with Crippen molar-refractivity contribution in [3.63, 3.8) is 0 Å². The van der Waals surface area contributed by atoms with E-state index in [1.54, 1.807) is 6.07 Å². The molecule has 0 radical (unpaired) electrons. The van der Waals surface area contributed by atoms with Crippen LogP contribution in [0.3, 0.4) is 0 Å². The van der Waals surface area contributed by atoms with E-state index in [0.29, 0.717) is 23.1 Å². The summed E-state index contributed by atoms with van der Waals surface area (Å²) in [7, 11) is 3.81. The predicted octanol–water partition coefficient (Wildman–Crippen LogP) is 5.06. The Labute approximate surface area is 155 Å². The first-order chi connectivity index (χ1) is 12.2. The standard InChI is InChI=1S/C18H21F3N4S/c1-5-14-15(9-10-25(2)3)23-17(26-4)24-16(14)22-13-8-6-7-12(11-13)18(19,20)21/h6-11H,5H2,1-4H3,(H,22,23,24)/b10-9+. The fourth-order valence-electron chi connectivity index (χ4n) is 2.29. The third-order valence-electron chi connectivity index (χ3n) is 3.54. The first-order valence-electron chi connectivity index (χ1n) is 7.98. The molecule has 0 saturated carbocycles. The van der Waals surface area contributed by atoms with E-state index < -0.39 is 11.7 Å². The van der Waals surface area contributed by atoms with E-state index in [9.17, 15) is 13.2 Å². The summed E-state index contributed by atoms with van der Waals surface area (Å²) in [6.45, 7) is 1.96. The van der Waals surface area contributed by atoms with Crippen LogP contribution >= 0.6 is 11.8 Å². The summed E-state index contributed by atoms with van der Waals surface area (Å²) >= 11 is 1.38. The monoisotopic (exact) mass is 382 g/mol. The number of anilines is 2. The summed E-state index contributed by atoms with van der Waals surface area (Å²) in [5.41, 5.74) is 1.23. The second kappa shape index (κ2) is 8.44. The van der Waals surface area contributed by atoms with Crippen molar-refractivity contribution in [1.29, 1.82) is 0 Å². The molecule has 8 heteroatoms. The number of benzene rings is 1. The number of nitrogens with one attached hydrogen (secondary N) is 1. The lowest BCUT2D eigenvalue weighted by molar-refractivity contribution is -0.137. The molecular weight excluding hydrogens is 361 g/mol. The molecule has 140 valence electrons. The van der Waals surface area contributed by atoms with E-state index in [0.717, 1.165) is 23.4 Å². The van der Waals surface area contributed by atoms with E-state index in [-0.39, 0.29) is 0 Å². The lowest BCUT2D eigenvalue weighted by Gasteiger charge is -2.15. The normalized spacial score (nSPS) is 11.8. The van der Waals surface area contributed by atoms with Crippen LogP contribution in [0.1, 0.15) is 23.7 Å². The van der Waals surface area contributed by atoms with E-state index >= 15 is 0 Å². The molecule has 0 saturated heterocycles. The first-order valence-corrected chi connectivity index (χ1v) is 9.21. The van der Waals surface area contributed by atoms with Gasteiger partial charge in [0.05, 0.1) is 11.3 Å². The molecule has 2 rings (SSSR count). The molecule has 0 aliphatic rings. The average Bonchev–Trinajstić information content (AvgIpc) is 2.59. The predicted molar refractivity (Wildman–Crippen MR) is 101 cm³/mol. The van der Waals surface area contributed by atoms with Gasteiger partial charge >= 0.3 is 6.18 Å². The van der Waals surface area contributed by atoms with Gasteiger partial charge in [0.25, 0.3) is 0 Å². The molecule has 0 atom stereocenters. The van der Waals surface area contributed by atoms with Crippen molar-refractivity contribution in [2.75, 3.05) is 25.7 Å². The minimum absolute atomic E-state index is 0.336. The van der Waals surface area contributed by atoms with Gasteiger partial charge in [0, 0.05) is 31.5 Å². The third-order valence-corrected chi connectivity index (χ3v) is 4.09. The molecule has 0 aliphatic heterocycles. The van der Waals surface area contributed by atoms with Gasteiger partial charge < -0.3 is 10.2 Å². The number of rotatable bonds is 6. The zero-order valence-corrected chi connectivity index (χ0v) is 15.9. The Kier molecular flexibility index (Phi) is 6.52. The summed E-state index contributed by atoms with van der Waals surface area (Å²) in [6, 6.07) is 5.09. The smallest absolute Gasteiger partial charge is 0.383 e. The maximum Gasteiger partial charge on any atom is 0.416 e. The number of hydrogen-bond acceptors (Lipinski definition) is 5. The van der Waals surface area contributed by atoms with Gasteiger partial charge in [-0.05, 0) is 37.0 Å². The molecule has 1 heterocycles. The second-order valence-corrected chi connectivity index (χ2v) is 6.53. The minimum Gasteiger partial charge on any atom is -0.383 e. The highest BCUT2D eigenvalue weighted by atomic mass is 32.2. The van der Waals surface area contributed by atoms with Crippen molar-refractivity contribution in [3.05, 3.63) is 47.3 Å². The van der Waals surface area contributed by atoms with Gasteiger partial charge in [-0.1, -0.05) is 24.8 Å². The fourth-order valence-corrected chi connectivity index (χ4v) is 2.66. The van der Waals surface area contributed by atoms with Crippen LogP contribution in [0, 0.1) is 0 Å². The summed E-state index contributed by atoms with van der Waals surface area (Å²) in [5, 5.41) is 3.58. The van der Waals surface area contributed by atoms with Gasteiger partial charge in [-0.2, -0.15) is 13.2 Å². The molecule has 0 amide bonds. The summed E-state index contributed by atoms with van der Waals surface area (Å²) in [6.07, 6.45) is 1.86. The molecule has 1 aromatic heterocycles. The molecule has 4 nitrogen and oxygen atoms in total. The topological polar surface area (TPSA) is 41.1 Å². The maximum absolute atomic E-state index is 12.9. The molecule has 0 fully saturated rings. The fraction of sp³-hybridized carbons (Fsp3) is 0.333. The van der Waals surface area contributed by atoms with Crippen molar-refractivity contribution in [2.45, 2.75) is 24.7 Å². The third kappa shape index (κ3) is 5.14.